The van der Waals surface area contributed by atoms with E-state index in [1.807, 2.05) is 6.08 Å². The number of hydrogen-bond acceptors (Lipinski definition) is 3. The summed E-state index contributed by atoms with van der Waals surface area (Å²) >= 11 is 11.5. The molecule has 1 unspecified atom stereocenters. The molecule has 1 heterocycles. The van der Waals surface area contributed by atoms with Crippen LogP contribution in [0.2, 0.25) is 5.02 Å². The molecule has 2 N–H and O–H groups in total. The summed E-state index contributed by atoms with van der Waals surface area (Å²) in [6.07, 6.45) is 1.84. The van der Waals surface area contributed by atoms with Crippen molar-refractivity contribution in [3.63, 3.8) is 0 Å². The highest BCUT2D eigenvalue weighted by Gasteiger charge is 2.16. The van der Waals surface area contributed by atoms with Crippen LogP contribution in [0.1, 0.15) is 10.4 Å². The lowest BCUT2D eigenvalue weighted by Gasteiger charge is -2.06. The Kier molecular flexibility index (Phi) is 4.47. The van der Waals surface area contributed by atoms with Gasteiger partial charge in [0.15, 0.2) is 0 Å². The molecule has 1 amide bonds. The van der Waals surface area contributed by atoms with Gasteiger partial charge in [-0.15, -0.1) is 17.1 Å². The minimum atomic E-state index is -0.198. The van der Waals surface area contributed by atoms with Gasteiger partial charge in [0.2, 0.25) is 0 Å². The minimum absolute atomic E-state index is 0.00950. The molecule has 0 bridgehead atoms. The number of carbonyl (C=O) groups excluding carboxylic acids is 1. The molecule has 96 valence electrons. The van der Waals surface area contributed by atoms with Crippen LogP contribution in [0.3, 0.4) is 0 Å². The van der Waals surface area contributed by atoms with E-state index in [1.165, 1.54) is 0 Å². The van der Waals surface area contributed by atoms with E-state index in [0.29, 0.717) is 28.8 Å². The molecule has 6 heteroatoms. The summed E-state index contributed by atoms with van der Waals surface area (Å²) in [5.74, 6) is 0.874. The Morgan fingerprint density at radius 1 is 1.50 bits per heavy atom. The third-order valence-corrected chi connectivity index (χ3v) is 2.97. The first kappa shape index (κ1) is 13.2. The first-order chi connectivity index (χ1) is 8.69. The molecule has 0 spiro atoms. The fourth-order valence-corrected chi connectivity index (χ4v) is 1.86. The van der Waals surface area contributed by atoms with Crippen LogP contribution >= 0.6 is 23.2 Å². The zero-order valence-corrected chi connectivity index (χ0v) is 11.0. The molecule has 1 aromatic rings. The third-order valence-electron chi connectivity index (χ3n) is 2.40. The normalized spacial score (nSPS) is 18.1. The number of alkyl halides is 1. The Bertz CT molecular complexity index is 477. The lowest BCUT2D eigenvalue weighted by atomic mass is 10.2. The van der Waals surface area contributed by atoms with E-state index >= 15 is 0 Å². The number of carbonyl (C=O) groups is 1. The Morgan fingerprint density at radius 3 is 3.00 bits per heavy atom. The van der Waals surface area contributed by atoms with Gasteiger partial charge >= 0.3 is 0 Å². The molecule has 1 aliphatic heterocycles. The van der Waals surface area contributed by atoms with E-state index in [2.05, 4.69) is 10.8 Å². The van der Waals surface area contributed by atoms with Gasteiger partial charge in [-0.2, -0.15) is 0 Å². The van der Waals surface area contributed by atoms with E-state index in [0.717, 1.165) is 0 Å². The highest BCUT2D eigenvalue weighted by atomic mass is 35.5. The van der Waals surface area contributed by atoms with Gasteiger partial charge in [0, 0.05) is 16.5 Å². The molecule has 18 heavy (non-hydrogen) atoms. The maximum Gasteiger partial charge on any atom is 0.251 e. The van der Waals surface area contributed by atoms with Crippen molar-refractivity contribution < 1.29 is 9.63 Å². The lowest BCUT2D eigenvalue weighted by Crippen LogP contribution is -2.26. The number of halogens is 2. The van der Waals surface area contributed by atoms with Crippen molar-refractivity contribution >= 4 is 29.1 Å². The first-order valence-electron chi connectivity index (χ1n) is 5.42. The Balaban J connectivity index is 1.89. The summed E-state index contributed by atoms with van der Waals surface area (Å²) in [5.41, 5.74) is 3.25. The predicted octanol–water partition coefficient (Wildman–Crippen LogP) is 2.10. The molecule has 0 radical (unpaired) electrons. The summed E-state index contributed by atoms with van der Waals surface area (Å²) in [6.45, 7) is 0.311. The van der Waals surface area contributed by atoms with Gasteiger partial charge in [-0.25, -0.2) is 0 Å². The molecular weight excluding hydrogens is 275 g/mol. The van der Waals surface area contributed by atoms with Gasteiger partial charge < -0.3 is 10.2 Å². The SMILES string of the molecule is O=C(NCC1=CC(CCl)NO1)c1cccc(Cl)c1. The Hall–Kier alpha value is -1.23. The number of hydrogen-bond donors (Lipinski definition) is 2. The predicted molar refractivity (Wildman–Crippen MR) is 70.6 cm³/mol. The van der Waals surface area contributed by atoms with Crippen LogP contribution in [-0.4, -0.2) is 24.4 Å². The second-order valence-electron chi connectivity index (χ2n) is 3.81. The van der Waals surface area contributed by atoms with Crippen LogP contribution in [0.15, 0.2) is 36.1 Å². The molecule has 0 aliphatic carbocycles. The average molecular weight is 287 g/mol. The van der Waals surface area contributed by atoms with Crippen molar-refractivity contribution in [2.24, 2.45) is 0 Å². The molecule has 0 fully saturated rings. The van der Waals surface area contributed by atoms with Crippen molar-refractivity contribution in [1.29, 1.82) is 0 Å². The van der Waals surface area contributed by atoms with Gasteiger partial charge in [-0.1, -0.05) is 17.7 Å². The monoisotopic (exact) mass is 286 g/mol. The zero-order valence-electron chi connectivity index (χ0n) is 9.45. The van der Waals surface area contributed by atoms with Crippen molar-refractivity contribution in [2.45, 2.75) is 6.04 Å². The van der Waals surface area contributed by atoms with E-state index in [4.69, 9.17) is 28.0 Å². The number of hydroxylamine groups is 1. The highest BCUT2D eigenvalue weighted by molar-refractivity contribution is 6.30. The fourth-order valence-electron chi connectivity index (χ4n) is 1.51. The Morgan fingerprint density at radius 2 is 2.33 bits per heavy atom. The van der Waals surface area contributed by atoms with Gasteiger partial charge in [-0.05, 0) is 24.3 Å². The van der Waals surface area contributed by atoms with E-state index in [9.17, 15) is 4.79 Å². The maximum atomic E-state index is 11.8. The molecule has 1 aliphatic rings. The van der Waals surface area contributed by atoms with Gasteiger partial charge in [-0.3, -0.25) is 4.79 Å². The van der Waals surface area contributed by atoms with Crippen LogP contribution in [-0.2, 0) is 4.84 Å². The van der Waals surface area contributed by atoms with Crippen molar-refractivity contribution in [2.75, 3.05) is 12.4 Å². The molecule has 0 aromatic heterocycles. The standard InChI is InChI=1S/C12H12Cl2N2O2/c13-6-10-5-11(18-16-10)7-15-12(17)8-2-1-3-9(14)4-8/h1-5,10,16H,6-7H2,(H,15,17). The molecule has 4 nitrogen and oxygen atoms in total. The summed E-state index contributed by atoms with van der Waals surface area (Å²) in [4.78, 5) is 17.0. The number of nitrogens with one attached hydrogen (secondary N) is 2. The van der Waals surface area contributed by atoms with Crippen molar-refractivity contribution in [3.8, 4) is 0 Å². The second kappa shape index (κ2) is 6.09. The van der Waals surface area contributed by atoms with Crippen LogP contribution in [0.4, 0.5) is 0 Å². The van der Waals surface area contributed by atoms with E-state index < -0.39 is 0 Å². The molecular formula is C12H12Cl2N2O2. The largest absolute Gasteiger partial charge is 0.411 e. The molecule has 1 aromatic carbocycles. The summed E-state index contributed by atoms with van der Waals surface area (Å²) in [7, 11) is 0. The smallest absolute Gasteiger partial charge is 0.251 e. The van der Waals surface area contributed by atoms with E-state index in [1.54, 1.807) is 24.3 Å². The fraction of sp³-hybridized carbons (Fsp3) is 0.250. The highest BCUT2D eigenvalue weighted by Crippen LogP contribution is 2.11. The lowest BCUT2D eigenvalue weighted by molar-refractivity contribution is 0.0918. The summed E-state index contributed by atoms with van der Waals surface area (Å²) < 4.78 is 0. The van der Waals surface area contributed by atoms with Crippen LogP contribution < -0.4 is 10.8 Å². The van der Waals surface area contributed by atoms with Crippen LogP contribution in [0.5, 0.6) is 0 Å². The van der Waals surface area contributed by atoms with E-state index in [-0.39, 0.29) is 11.9 Å². The van der Waals surface area contributed by atoms with Gasteiger partial charge in [0.1, 0.15) is 5.76 Å². The molecule has 1 atom stereocenters. The first-order valence-corrected chi connectivity index (χ1v) is 6.33. The van der Waals surface area contributed by atoms with Gasteiger partial charge in [0.05, 0.1) is 12.6 Å². The maximum absolute atomic E-state index is 11.8. The number of benzene rings is 1. The quantitative estimate of drug-likeness (QED) is 0.834. The Labute approximate surface area is 115 Å². The molecule has 0 saturated heterocycles. The third kappa shape index (κ3) is 3.38. The number of rotatable bonds is 4. The van der Waals surface area contributed by atoms with Crippen molar-refractivity contribution in [3.05, 3.63) is 46.7 Å². The minimum Gasteiger partial charge on any atom is -0.411 e. The molecule has 2 rings (SSSR count). The van der Waals surface area contributed by atoms with Crippen LogP contribution in [0, 0.1) is 0 Å². The van der Waals surface area contributed by atoms with Crippen molar-refractivity contribution in [1.82, 2.24) is 10.8 Å². The van der Waals surface area contributed by atoms with Crippen LogP contribution in [0.25, 0.3) is 0 Å². The zero-order chi connectivity index (χ0) is 13.0. The topological polar surface area (TPSA) is 50.4 Å². The second-order valence-corrected chi connectivity index (χ2v) is 4.55. The van der Waals surface area contributed by atoms with Gasteiger partial charge in [0.25, 0.3) is 5.91 Å². The number of amides is 1. The summed E-state index contributed by atoms with van der Waals surface area (Å²) in [6, 6.07) is 6.75. The summed E-state index contributed by atoms with van der Waals surface area (Å²) in [5, 5.41) is 3.27. The molecule has 0 saturated carbocycles. The average Bonchev–Trinajstić information content (AvgIpc) is 2.84.